The number of aliphatic carboxylic acids is 1. The summed E-state index contributed by atoms with van der Waals surface area (Å²) in [6.45, 7) is 2.68. The van der Waals surface area contributed by atoms with E-state index in [0.717, 1.165) is 12.8 Å². The van der Waals surface area contributed by atoms with Crippen molar-refractivity contribution in [1.29, 1.82) is 0 Å². The van der Waals surface area contributed by atoms with Gasteiger partial charge in [0.15, 0.2) is 0 Å². The molecule has 0 bridgehead atoms. The highest BCUT2D eigenvalue weighted by molar-refractivity contribution is 5.87. The molecule has 110 valence electrons. The number of urea groups is 1. The van der Waals surface area contributed by atoms with E-state index < -0.39 is 11.5 Å². The fourth-order valence-corrected chi connectivity index (χ4v) is 2.83. The number of carbonyl (C=O) groups excluding carboxylic acids is 1. The van der Waals surface area contributed by atoms with Crippen LogP contribution in [-0.2, 0) is 11.3 Å². The Morgan fingerprint density at radius 3 is 3.00 bits per heavy atom. The van der Waals surface area contributed by atoms with Crippen LogP contribution in [0, 0.1) is 0 Å². The topological polar surface area (TPSA) is 98.3 Å². The number of nitrogens with zero attached hydrogens (tertiary/aromatic N) is 2. The number of hydrogen-bond acceptors (Lipinski definition) is 3. The molecule has 7 heteroatoms. The molecule has 0 spiro atoms. The number of rotatable bonds is 5. The molecule has 0 saturated carbocycles. The van der Waals surface area contributed by atoms with E-state index in [1.54, 1.807) is 12.4 Å². The highest BCUT2D eigenvalue weighted by atomic mass is 16.4. The Labute approximate surface area is 117 Å². The predicted octanol–water partition coefficient (Wildman–Crippen LogP) is 1.34. The molecule has 1 unspecified atom stereocenters. The van der Waals surface area contributed by atoms with E-state index in [1.165, 1.54) is 4.90 Å². The van der Waals surface area contributed by atoms with Gasteiger partial charge in [-0.15, -0.1) is 0 Å². The van der Waals surface area contributed by atoms with E-state index in [-0.39, 0.29) is 12.6 Å². The van der Waals surface area contributed by atoms with E-state index in [4.69, 9.17) is 0 Å². The summed E-state index contributed by atoms with van der Waals surface area (Å²) < 4.78 is 0. The second kappa shape index (κ2) is 5.94. The Morgan fingerprint density at radius 1 is 1.60 bits per heavy atom. The number of carboxylic acids is 1. The molecule has 3 N–H and O–H groups in total. The Balaban J connectivity index is 2.05. The van der Waals surface area contributed by atoms with E-state index in [0.29, 0.717) is 25.2 Å². The zero-order valence-corrected chi connectivity index (χ0v) is 11.6. The van der Waals surface area contributed by atoms with Gasteiger partial charge in [-0.05, 0) is 19.3 Å². The quantitative estimate of drug-likeness (QED) is 0.758. The first kappa shape index (κ1) is 14.4. The number of carboxylic acid groups (broad SMARTS) is 1. The summed E-state index contributed by atoms with van der Waals surface area (Å²) in [4.78, 5) is 32.2. The summed E-state index contributed by atoms with van der Waals surface area (Å²) in [5.41, 5.74) is -1.05. The minimum absolute atomic E-state index is 0.268. The van der Waals surface area contributed by atoms with Crippen LogP contribution in [0.4, 0.5) is 4.79 Å². The average Bonchev–Trinajstić information content (AvgIpc) is 3.06. The molecule has 2 heterocycles. The number of aromatic amines is 1. The van der Waals surface area contributed by atoms with Gasteiger partial charge in [-0.3, -0.25) is 0 Å². The molecular weight excluding hydrogens is 260 g/mol. The lowest BCUT2D eigenvalue weighted by atomic mass is 9.91. The summed E-state index contributed by atoms with van der Waals surface area (Å²) >= 11 is 0. The van der Waals surface area contributed by atoms with Crippen LogP contribution in [-0.4, -0.2) is 44.1 Å². The van der Waals surface area contributed by atoms with Gasteiger partial charge < -0.3 is 20.3 Å². The number of amides is 2. The van der Waals surface area contributed by atoms with Crippen molar-refractivity contribution in [2.45, 2.75) is 44.7 Å². The zero-order valence-electron chi connectivity index (χ0n) is 11.6. The lowest BCUT2D eigenvalue weighted by Gasteiger charge is -2.34. The van der Waals surface area contributed by atoms with E-state index in [9.17, 15) is 14.7 Å². The SMILES string of the molecule is CCCC1(C(=O)O)CCCN1C(=O)NCc1ncc[nH]1. The van der Waals surface area contributed by atoms with Gasteiger partial charge in [0.2, 0.25) is 0 Å². The highest BCUT2D eigenvalue weighted by Crippen LogP contribution is 2.34. The standard InChI is InChI=1S/C13H20N4O3/c1-2-4-13(11(18)19)5-3-8-17(13)12(20)16-9-10-14-6-7-15-10/h6-7H,2-5,8-9H2,1H3,(H,14,15)(H,16,20)(H,18,19). The van der Waals surface area contributed by atoms with Gasteiger partial charge in [0, 0.05) is 18.9 Å². The van der Waals surface area contributed by atoms with Crippen LogP contribution < -0.4 is 5.32 Å². The second-order valence-corrected chi connectivity index (χ2v) is 5.04. The molecule has 1 atom stereocenters. The number of imidazole rings is 1. The summed E-state index contributed by atoms with van der Waals surface area (Å²) in [5.74, 6) is -0.265. The highest BCUT2D eigenvalue weighted by Gasteiger charge is 2.49. The molecule has 7 nitrogen and oxygen atoms in total. The van der Waals surface area contributed by atoms with Crippen LogP contribution in [0.1, 0.15) is 38.4 Å². The first-order valence-electron chi connectivity index (χ1n) is 6.87. The van der Waals surface area contributed by atoms with Gasteiger partial charge in [0.05, 0.1) is 6.54 Å². The normalized spacial score (nSPS) is 21.9. The summed E-state index contributed by atoms with van der Waals surface area (Å²) in [6, 6.07) is -0.338. The molecule has 2 rings (SSSR count). The van der Waals surface area contributed by atoms with Crippen LogP contribution in [0.5, 0.6) is 0 Å². The van der Waals surface area contributed by atoms with Crippen molar-refractivity contribution >= 4 is 12.0 Å². The zero-order chi connectivity index (χ0) is 14.6. The predicted molar refractivity (Wildman–Crippen MR) is 72.0 cm³/mol. The first-order chi connectivity index (χ1) is 9.60. The lowest BCUT2D eigenvalue weighted by molar-refractivity contribution is -0.148. The van der Waals surface area contributed by atoms with Crippen molar-refractivity contribution in [3.8, 4) is 0 Å². The molecule has 1 aromatic heterocycles. The van der Waals surface area contributed by atoms with E-state index in [2.05, 4.69) is 15.3 Å². The molecule has 1 saturated heterocycles. The van der Waals surface area contributed by atoms with E-state index in [1.807, 2.05) is 6.92 Å². The van der Waals surface area contributed by atoms with Gasteiger partial charge in [-0.25, -0.2) is 14.6 Å². The Morgan fingerprint density at radius 2 is 2.40 bits per heavy atom. The fourth-order valence-electron chi connectivity index (χ4n) is 2.83. The largest absolute Gasteiger partial charge is 0.479 e. The van der Waals surface area contributed by atoms with Gasteiger partial charge in [0.25, 0.3) is 0 Å². The number of carbonyl (C=O) groups is 2. The van der Waals surface area contributed by atoms with Crippen LogP contribution in [0.2, 0.25) is 0 Å². The number of H-pyrrole nitrogens is 1. The Kier molecular flexibility index (Phi) is 4.26. The third-order valence-corrected chi connectivity index (χ3v) is 3.76. The number of nitrogens with one attached hydrogen (secondary N) is 2. The minimum Gasteiger partial charge on any atom is -0.479 e. The average molecular weight is 280 g/mol. The van der Waals surface area contributed by atoms with Gasteiger partial charge >= 0.3 is 12.0 Å². The molecule has 0 radical (unpaired) electrons. The maximum absolute atomic E-state index is 12.2. The molecule has 1 aliphatic heterocycles. The third-order valence-electron chi connectivity index (χ3n) is 3.76. The molecule has 0 aliphatic carbocycles. The molecule has 1 aliphatic rings. The third kappa shape index (κ3) is 2.61. The molecule has 1 fully saturated rings. The van der Waals surface area contributed by atoms with Crippen molar-refractivity contribution in [2.75, 3.05) is 6.54 Å². The maximum Gasteiger partial charge on any atom is 0.329 e. The Bertz CT molecular complexity index is 474. The lowest BCUT2D eigenvalue weighted by Crippen LogP contribution is -2.55. The van der Waals surface area contributed by atoms with Gasteiger partial charge in [-0.2, -0.15) is 0 Å². The van der Waals surface area contributed by atoms with Gasteiger partial charge in [-0.1, -0.05) is 13.3 Å². The summed E-state index contributed by atoms with van der Waals surface area (Å²) in [6.07, 6.45) is 5.74. The minimum atomic E-state index is -1.05. The molecule has 2 amide bonds. The van der Waals surface area contributed by atoms with Gasteiger partial charge in [0.1, 0.15) is 11.4 Å². The monoisotopic (exact) mass is 280 g/mol. The molecule has 1 aromatic rings. The van der Waals surface area contributed by atoms with Crippen molar-refractivity contribution < 1.29 is 14.7 Å². The molecule has 0 aromatic carbocycles. The van der Waals surface area contributed by atoms with Crippen LogP contribution in [0.25, 0.3) is 0 Å². The second-order valence-electron chi connectivity index (χ2n) is 5.04. The smallest absolute Gasteiger partial charge is 0.329 e. The molecule has 20 heavy (non-hydrogen) atoms. The summed E-state index contributed by atoms with van der Waals surface area (Å²) in [7, 11) is 0. The van der Waals surface area contributed by atoms with Crippen molar-refractivity contribution in [1.82, 2.24) is 20.2 Å². The first-order valence-corrected chi connectivity index (χ1v) is 6.87. The van der Waals surface area contributed by atoms with E-state index >= 15 is 0 Å². The van der Waals surface area contributed by atoms with Crippen LogP contribution in [0.3, 0.4) is 0 Å². The van der Waals surface area contributed by atoms with Crippen molar-refractivity contribution in [3.63, 3.8) is 0 Å². The van der Waals surface area contributed by atoms with Crippen molar-refractivity contribution in [2.24, 2.45) is 0 Å². The Hall–Kier alpha value is -2.05. The number of aromatic nitrogens is 2. The number of likely N-dealkylation sites (tertiary alicyclic amines) is 1. The number of hydrogen-bond donors (Lipinski definition) is 3. The van der Waals surface area contributed by atoms with Crippen molar-refractivity contribution in [3.05, 3.63) is 18.2 Å². The summed E-state index contributed by atoms with van der Waals surface area (Å²) in [5, 5.41) is 12.3. The molecular formula is C13H20N4O3. The maximum atomic E-state index is 12.2. The van der Waals surface area contributed by atoms with Crippen LogP contribution in [0.15, 0.2) is 12.4 Å². The van der Waals surface area contributed by atoms with Crippen LogP contribution >= 0.6 is 0 Å². The fraction of sp³-hybridized carbons (Fsp3) is 0.615.